The van der Waals surface area contributed by atoms with Gasteiger partial charge in [0.25, 0.3) is 0 Å². The largest absolute Gasteiger partial charge is 0.354 e. The van der Waals surface area contributed by atoms with Crippen LogP contribution in [0.25, 0.3) is 0 Å². The first kappa shape index (κ1) is 25.0. The van der Waals surface area contributed by atoms with E-state index in [2.05, 4.69) is 21.3 Å². The van der Waals surface area contributed by atoms with Crippen LogP contribution in [0.1, 0.15) is 59.3 Å². The van der Waals surface area contributed by atoms with Crippen LogP contribution in [0.4, 0.5) is 0 Å². The maximum Gasteiger partial charge on any atom is 0.342 e. The van der Waals surface area contributed by atoms with E-state index in [1.165, 1.54) is 0 Å². The molecule has 9 nitrogen and oxygen atoms in total. The molecule has 1 aliphatic heterocycles. The normalized spacial score (nSPS) is 22.1. The van der Waals surface area contributed by atoms with Crippen LogP contribution >= 0.6 is 7.60 Å². The lowest BCUT2D eigenvalue weighted by atomic mass is 10.0. The summed E-state index contributed by atoms with van der Waals surface area (Å²) in [5, 5.41) is 11.8. The van der Waals surface area contributed by atoms with Crippen molar-refractivity contribution in [2.75, 3.05) is 19.6 Å². The Balaban J connectivity index is 2.84. The quantitative estimate of drug-likeness (QED) is 0.317. The van der Waals surface area contributed by atoms with E-state index in [0.717, 1.165) is 32.4 Å². The van der Waals surface area contributed by atoms with Crippen LogP contribution in [0.15, 0.2) is 0 Å². The number of hydrogen-bond acceptors (Lipinski definition) is 5. The van der Waals surface area contributed by atoms with Crippen LogP contribution in [0.2, 0.25) is 0 Å². The molecule has 1 rings (SSSR count). The highest BCUT2D eigenvalue weighted by molar-refractivity contribution is 7.52. The minimum absolute atomic E-state index is 0.144. The molecule has 0 aromatic carbocycles. The highest BCUT2D eigenvalue weighted by Gasteiger charge is 2.33. The van der Waals surface area contributed by atoms with Crippen LogP contribution in [0, 0.1) is 5.92 Å². The third kappa shape index (κ3) is 9.47. The van der Waals surface area contributed by atoms with Gasteiger partial charge >= 0.3 is 7.60 Å². The van der Waals surface area contributed by atoms with Gasteiger partial charge in [0.05, 0.1) is 6.04 Å². The topological polar surface area (TPSA) is 140 Å². The highest BCUT2D eigenvalue weighted by atomic mass is 31.2. The predicted octanol–water partition coefficient (Wildman–Crippen LogP) is 0.669. The zero-order valence-electron chi connectivity index (χ0n) is 17.2. The first-order valence-electron chi connectivity index (χ1n) is 10.2. The smallest absolute Gasteiger partial charge is 0.342 e. The molecule has 1 aliphatic rings. The fourth-order valence-electron chi connectivity index (χ4n) is 3.22. The van der Waals surface area contributed by atoms with E-state index in [1.807, 2.05) is 13.8 Å². The van der Waals surface area contributed by atoms with Gasteiger partial charge in [-0.25, -0.2) is 0 Å². The summed E-state index contributed by atoms with van der Waals surface area (Å²) in [6.07, 6.45) is 3.69. The number of amides is 2. The van der Waals surface area contributed by atoms with E-state index in [1.54, 1.807) is 6.92 Å². The molecular formula is C18H37N4O5P. The average molecular weight is 420 g/mol. The number of carbonyl (C=O) groups excluding carboxylic acids is 2. The fraction of sp³-hybridized carbons (Fsp3) is 0.889. The molecule has 0 aromatic heterocycles. The minimum atomic E-state index is -4.37. The first-order chi connectivity index (χ1) is 13.1. The summed E-state index contributed by atoms with van der Waals surface area (Å²) < 4.78 is 11.7. The Kier molecular flexibility index (Phi) is 11.2. The zero-order valence-corrected chi connectivity index (χ0v) is 18.1. The van der Waals surface area contributed by atoms with E-state index >= 15 is 0 Å². The van der Waals surface area contributed by atoms with Gasteiger partial charge in [0.2, 0.25) is 11.8 Å². The molecular weight excluding hydrogens is 383 g/mol. The Morgan fingerprint density at radius 3 is 2.50 bits per heavy atom. The molecule has 0 aromatic rings. The van der Waals surface area contributed by atoms with Crippen molar-refractivity contribution in [3.8, 4) is 0 Å². The molecule has 0 aliphatic carbocycles. The van der Waals surface area contributed by atoms with Gasteiger partial charge in [-0.05, 0) is 57.5 Å². The molecule has 3 atom stereocenters. The van der Waals surface area contributed by atoms with E-state index in [4.69, 9.17) is 0 Å². The van der Waals surface area contributed by atoms with Crippen molar-refractivity contribution in [1.82, 2.24) is 21.3 Å². The summed E-state index contributed by atoms with van der Waals surface area (Å²) >= 11 is 0. The molecule has 10 heteroatoms. The van der Waals surface area contributed by atoms with Crippen molar-refractivity contribution < 1.29 is 23.9 Å². The third-order valence-corrected chi connectivity index (χ3v) is 6.10. The molecule has 164 valence electrons. The van der Waals surface area contributed by atoms with E-state index < -0.39 is 31.4 Å². The van der Waals surface area contributed by atoms with Crippen LogP contribution in [0.3, 0.4) is 0 Å². The molecule has 1 saturated heterocycles. The third-order valence-electron chi connectivity index (χ3n) is 4.77. The standard InChI is InChI=1S/C18H37N4O5P/c1-4-16(28(25,26)27)21-15(12-13(2)3)18(24)22-14-8-5-6-9-19-10-7-11-20-17(14)23/h13-16,19,21H,4-12H2,1-3H3,(H,20,23)(H,22,24)(H2,25,26,27)/t14?,15-,16+/m0/s1. The number of rotatable bonds is 8. The summed E-state index contributed by atoms with van der Waals surface area (Å²) in [5.41, 5.74) is 0. The Bertz CT molecular complexity index is 540. The lowest BCUT2D eigenvalue weighted by Crippen LogP contribution is -2.54. The Morgan fingerprint density at radius 2 is 1.89 bits per heavy atom. The molecule has 2 amide bonds. The van der Waals surface area contributed by atoms with Crippen molar-refractivity contribution in [2.24, 2.45) is 5.92 Å². The number of hydrogen-bond donors (Lipinski definition) is 6. The van der Waals surface area contributed by atoms with Crippen LogP contribution < -0.4 is 21.3 Å². The van der Waals surface area contributed by atoms with Crippen molar-refractivity contribution in [1.29, 1.82) is 0 Å². The Labute approximate surface area is 168 Å². The fourth-order valence-corrected chi connectivity index (χ4v) is 4.07. The lowest BCUT2D eigenvalue weighted by molar-refractivity contribution is -0.130. The van der Waals surface area contributed by atoms with Gasteiger partial charge < -0.3 is 25.7 Å². The van der Waals surface area contributed by atoms with Gasteiger partial charge in [0.15, 0.2) is 0 Å². The van der Waals surface area contributed by atoms with Crippen molar-refractivity contribution in [3.63, 3.8) is 0 Å². The second-order valence-electron chi connectivity index (χ2n) is 7.81. The summed E-state index contributed by atoms with van der Waals surface area (Å²) in [4.78, 5) is 44.4. The van der Waals surface area contributed by atoms with E-state index in [9.17, 15) is 23.9 Å². The first-order valence-corrected chi connectivity index (χ1v) is 11.9. The van der Waals surface area contributed by atoms with Gasteiger partial charge in [-0.1, -0.05) is 20.8 Å². The summed E-state index contributed by atoms with van der Waals surface area (Å²) in [6, 6.07) is -1.41. The van der Waals surface area contributed by atoms with Gasteiger partial charge in [-0.2, -0.15) is 0 Å². The lowest BCUT2D eigenvalue weighted by Gasteiger charge is -2.28. The molecule has 1 fully saturated rings. The summed E-state index contributed by atoms with van der Waals surface area (Å²) in [6.45, 7) is 7.81. The average Bonchev–Trinajstić information content (AvgIpc) is 2.64. The number of nitrogens with one attached hydrogen (secondary N) is 4. The van der Waals surface area contributed by atoms with Crippen LogP contribution in [0.5, 0.6) is 0 Å². The van der Waals surface area contributed by atoms with E-state index in [-0.39, 0.29) is 18.2 Å². The second kappa shape index (κ2) is 12.5. The van der Waals surface area contributed by atoms with E-state index in [0.29, 0.717) is 19.4 Å². The van der Waals surface area contributed by atoms with Gasteiger partial charge in [0.1, 0.15) is 11.8 Å². The van der Waals surface area contributed by atoms with Gasteiger partial charge in [0, 0.05) is 6.54 Å². The van der Waals surface area contributed by atoms with Crippen LogP contribution in [-0.4, -0.2) is 59.1 Å². The monoisotopic (exact) mass is 420 g/mol. The predicted molar refractivity (Wildman–Crippen MR) is 109 cm³/mol. The number of carbonyl (C=O) groups is 2. The van der Waals surface area contributed by atoms with Gasteiger partial charge in [-0.3, -0.25) is 19.5 Å². The van der Waals surface area contributed by atoms with Gasteiger partial charge in [-0.15, -0.1) is 0 Å². The Morgan fingerprint density at radius 1 is 1.21 bits per heavy atom. The maximum atomic E-state index is 12.9. The molecule has 28 heavy (non-hydrogen) atoms. The van der Waals surface area contributed by atoms with Crippen LogP contribution in [-0.2, 0) is 14.2 Å². The van der Waals surface area contributed by atoms with Crippen molar-refractivity contribution in [2.45, 2.75) is 77.2 Å². The minimum Gasteiger partial charge on any atom is -0.354 e. The molecule has 0 spiro atoms. The summed E-state index contributed by atoms with van der Waals surface area (Å²) in [7, 11) is -4.37. The Hall–Kier alpha value is -0.990. The molecule has 1 heterocycles. The SMILES string of the molecule is CC[C@H](N[C@@H](CC(C)C)C(=O)NC1CCCCNCCCNC1=O)P(=O)(O)O. The van der Waals surface area contributed by atoms with Crippen molar-refractivity contribution >= 4 is 19.4 Å². The molecule has 0 bridgehead atoms. The van der Waals surface area contributed by atoms with Crippen molar-refractivity contribution in [3.05, 3.63) is 0 Å². The molecule has 0 radical (unpaired) electrons. The highest BCUT2D eigenvalue weighted by Crippen LogP contribution is 2.41. The molecule has 0 saturated carbocycles. The zero-order chi connectivity index (χ0) is 21.2. The second-order valence-corrected chi connectivity index (χ2v) is 9.62. The molecule has 1 unspecified atom stereocenters. The summed E-state index contributed by atoms with van der Waals surface area (Å²) in [5.74, 6) is -1.55. The molecule has 6 N–H and O–H groups in total. The maximum absolute atomic E-state index is 12.9.